The van der Waals surface area contributed by atoms with Crippen LogP contribution in [0.25, 0.3) is 44.2 Å². The van der Waals surface area contributed by atoms with Crippen LogP contribution in [0.4, 0.5) is 0 Å². The molecule has 0 saturated carbocycles. The van der Waals surface area contributed by atoms with Crippen molar-refractivity contribution in [1.29, 1.82) is 0 Å². The molecular weight excluding hydrogens is 631 g/mol. The zero-order chi connectivity index (χ0) is 28.8. The third kappa shape index (κ3) is 5.49. The van der Waals surface area contributed by atoms with Gasteiger partial charge < -0.3 is 0 Å². The van der Waals surface area contributed by atoms with Gasteiger partial charge >= 0.3 is 253 Å². The maximum absolute atomic E-state index is 7.53. The van der Waals surface area contributed by atoms with Gasteiger partial charge in [0.15, 0.2) is 0 Å². The third-order valence-corrected chi connectivity index (χ3v) is 26.0. The van der Waals surface area contributed by atoms with Gasteiger partial charge in [-0.3, -0.25) is 0 Å². The molecule has 1 aliphatic rings. The topological polar surface area (TPSA) is 9.23 Å². The Kier molecular flexibility index (Phi) is 9.33. The number of fused-ring (bicyclic) bond motifs is 4. The van der Waals surface area contributed by atoms with Gasteiger partial charge in [-0.25, -0.2) is 0 Å². The van der Waals surface area contributed by atoms with Crippen molar-refractivity contribution in [3.8, 4) is 39.1 Å². The van der Waals surface area contributed by atoms with E-state index in [-0.39, 0.29) is 29.0 Å². The molecule has 0 bridgehead atoms. The van der Waals surface area contributed by atoms with E-state index in [9.17, 15) is 0 Å². The average Bonchev–Trinajstić information content (AvgIpc) is 3.40. The van der Waals surface area contributed by atoms with Gasteiger partial charge in [0.1, 0.15) is 0 Å². The van der Waals surface area contributed by atoms with Gasteiger partial charge in [0.25, 0.3) is 0 Å². The number of halogens is 2. The molecule has 0 radical (unpaired) electrons. The summed E-state index contributed by atoms with van der Waals surface area (Å²) in [4.78, 5) is 0. The van der Waals surface area contributed by atoms with E-state index >= 15 is 0 Å². The van der Waals surface area contributed by atoms with Crippen molar-refractivity contribution in [1.82, 2.24) is 0 Å². The SMILES string of the molecule is C[CH2][Ti](=[SiH2])([CH2]C)([O]c1ccc2ccccc2c1)[CH]1c2ccc(-c3ccccc3)cc2-c2cc(-c3ccccc3)ccc21.Cl.Cl. The molecule has 0 aromatic heterocycles. The monoisotopic (exact) mass is 668 g/mol. The van der Waals surface area contributed by atoms with E-state index in [0.29, 0.717) is 0 Å². The predicted octanol–water partition coefficient (Wildman–Crippen LogP) is 11.2. The maximum Gasteiger partial charge on any atom is -0.147 e. The fourth-order valence-corrected chi connectivity index (χ4v) is 16.7. The number of hydrogen-bond acceptors (Lipinski definition) is 1. The van der Waals surface area contributed by atoms with Gasteiger partial charge in [-0.15, -0.1) is 24.8 Å². The number of benzene rings is 6. The van der Waals surface area contributed by atoms with Crippen LogP contribution in [-0.4, -0.2) is 7.63 Å². The van der Waals surface area contributed by atoms with Crippen LogP contribution in [0.5, 0.6) is 5.75 Å². The molecular formula is C39H38Cl2OSiTi. The second kappa shape index (κ2) is 12.7. The summed E-state index contributed by atoms with van der Waals surface area (Å²) < 4.78 is 9.95. The van der Waals surface area contributed by atoms with Gasteiger partial charge in [-0.2, -0.15) is 0 Å². The van der Waals surface area contributed by atoms with Gasteiger partial charge in [0.05, 0.1) is 0 Å². The molecule has 6 aromatic rings. The van der Waals surface area contributed by atoms with Gasteiger partial charge in [-0.1, -0.05) is 0 Å². The summed E-state index contributed by atoms with van der Waals surface area (Å²) in [5, 5.41) is 2.49. The molecule has 0 heterocycles. The normalized spacial score (nSPS) is 12.5. The smallest absolute Gasteiger partial charge is 0.147 e. The Bertz CT molecular complexity index is 1910. The van der Waals surface area contributed by atoms with Crippen molar-refractivity contribution in [3.63, 3.8) is 0 Å². The summed E-state index contributed by atoms with van der Waals surface area (Å²) in [5.74, 6) is 1.02. The van der Waals surface area contributed by atoms with Crippen LogP contribution in [0.1, 0.15) is 29.2 Å². The van der Waals surface area contributed by atoms with E-state index in [1.54, 1.807) is 0 Å². The molecule has 7 rings (SSSR count). The quantitative estimate of drug-likeness (QED) is 0.154. The number of rotatable bonds is 7. The molecule has 0 amide bonds. The van der Waals surface area contributed by atoms with Crippen LogP contribution >= 0.6 is 24.8 Å². The van der Waals surface area contributed by atoms with Crippen molar-refractivity contribution in [2.45, 2.75) is 27.5 Å². The number of hydrogen-bond donors (Lipinski definition) is 0. The summed E-state index contributed by atoms with van der Waals surface area (Å²) in [6.45, 7) is 4.76. The van der Waals surface area contributed by atoms with E-state index in [2.05, 4.69) is 161 Å². The maximum atomic E-state index is 7.53. The van der Waals surface area contributed by atoms with E-state index < -0.39 is 14.4 Å². The van der Waals surface area contributed by atoms with Gasteiger partial charge in [0, 0.05) is 0 Å². The first kappa shape index (κ1) is 32.3. The van der Waals surface area contributed by atoms with Crippen molar-refractivity contribution in [3.05, 3.63) is 151 Å². The second-order valence-corrected chi connectivity index (χ2v) is 28.4. The Morgan fingerprint density at radius 1 is 0.523 bits per heavy atom. The summed E-state index contributed by atoms with van der Waals surface area (Å²) >= 11 is -3.74. The van der Waals surface area contributed by atoms with Crippen LogP contribution in [-0.2, 0) is 14.4 Å². The molecule has 0 atom stereocenters. The van der Waals surface area contributed by atoms with Gasteiger partial charge in [-0.05, 0) is 0 Å². The molecule has 0 N–H and O–H groups in total. The second-order valence-electron chi connectivity index (χ2n) is 12.0. The van der Waals surface area contributed by atoms with E-state index in [4.69, 9.17) is 3.32 Å². The molecule has 0 spiro atoms. The molecule has 5 heteroatoms. The molecule has 6 aromatic carbocycles. The van der Waals surface area contributed by atoms with Crippen molar-refractivity contribution >= 4 is 43.2 Å². The Balaban J connectivity index is 0.00000192. The van der Waals surface area contributed by atoms with Crippen LogP contribution in [0.3, 0.4) is 0 Å². The Hall–Kier alpha value is -3.11. The summed E-state index contributed by atoms with van der Waals surface area (Å²) in [6, 6.07) is 51.1. The van der Waals surface area contributed by atoms with Crippen LogP contribution in [0, 0.1) is 0 Å². The summed E-state index contributed by atoms with van der Waals surface area (Å²) in [5.41, 5.74) is 10.6. The summed E-state index contributed by atoms with van der Waals surface area (Å²) in [6.07, 6.45) is 0. The van der Waals surface area contributed by atoms with E-state index in [1.165, 1.54) is 55.3 Å². The van der Waals surface area contributed by atoms with Crippen LogP contribution in [0.2, 0.25) is 9.45 Å². The largest absolute Gasteiger partial charge is 0.147 e. The van der Waals surface area contributed by atoms with Crippen molar-refractivity contribution < 1.29 is 17.7 Å². The van der Waals surface area contributed by atoms with Crippen LogP contribution < -0.4 is 3.32 Å². The molecule has 0 unspecified atom stereocenters. The average molecular weight is 670 g/mol. The molecule has 0 fully saturated rings. The minimum atomic E-state index is -3.74. The Morgan fingerprint density at radius 2 is 1.00 bits per heavy atom. The van der Waals surface area contributed by atoms with E-state index in [0.717, 1.165) is 15.2 Å². The standard InChI is InChI=1S/C25H17.C10H8O.2C2H5.2ClH.H2Si.Ti/c1-3-7-18(8-4-1)20-11-13-22-15-23-14-12-21(17-25(23)24(22)16-20)19-9-5-2-6-10-19;11-10-6-5-8-3-1-2-4-9(8)7-10;2*1-2;;;;/h1-17H;1-7,11H;2*1H2,2H3;2*1H;1H2;/q;;;;;;;+1/p-1. The van der Waals surface area contributed by atoms with Crippen molar-refractivity contribution in [2.75, 3.05) is 0 Å². The van der Waals surface area contributed by atoms with E-state index in [1.807, 2.05) is 0 Å². The molecule has 1 aliphatic carbocycles. The van der Waals surface area contributed by atoms with Gasteiger partial charge in [0.2, 0.25) is 0 Å². The minimum absolute atomic E-state index is 0. The molecule has 0 saturated heterocycles. The summed E-state index contributed by atoms with van der Waals surface area (Å²) in [7, 11) is 2.25. The first-order chi connectivity index (χ1) is 20.5. The third-order valence-electron chi connectivity index (χ3n) is 9.77. The first-order valence-corrected chi connectivity index (χ1v) is 22.9. The molecule has 1 nitrogen and oxygen atoms in total. The Labute approximate surface area is 276 Å². The fraction of sp³-hybridized carbons (Fsp3) is 0.128. The minimum Gasteiger partial charge on any atom is -0.147 e. The van der Waals surface area contributed by atoms with Crippen molar-refractivity contribution in [2.24, 2.45) is 0 Å². The fourth-order valence-electron chi connectivity index (χ4n) is 7.07. The zero-order valence-corrected chi connectivity index (χ0v) is 29.8. The molecule has 222 valence electrons. The van der Waals surface area contributed by atoms with Crippen LogP contribution in [0.15, 0.2) is 140 Å². The predicted molar refractivity (Wildman–Crippen MR) is 193 cm³/mol. The molecule has 0 aliphatic heterocycles. The Morgan fingerprint density at radius 3 is 1.50 bits per heavy atom. The molecule has 44 heavy (non-hydrogen) atoms. The zero-order valence-electron chi connectivity index (χ0n) is 25.2. The first-order valence-electron chi connectivity index (χ1n) is 15.1.